The van der Waals surface area contributed by atoms with Gasteiger partial charge in [-0.25, -0.2) is 29.9 Å². The smallest absolute Gasteiger partial charge is 0.160 e. The van der Waals surface area contributed by atoms with E-state index in [1.54, 1.807) is 0 Å². The van der Waals surface area contributed by atoms with Gasteiger partial charge in [-0.15, -0.1) is 0 Å². The third-order valence-electron chi connectivity index (χ3n) is 24.7. The van der Waals surface area contributed by atoms with Crippen molar-refractivity contribution < 1.29 is 4.74 Å². The number of pyridine rings is 4. The number of rotatable bonds is 7. The number of nitrogens with zero attached hydrogens (tertiary/aromatic N) is 6. The second-order valence-corrected chi connectivity index (χ2v) is 32.0. The van der Waals surface area contributed by atoms with Crippen molar-refractivity contribution in [3.63, 3.8) is 0 Å². The van der Waals surface area contributed by atoms with Crippen molar-refractivity contribution >= 4 is 76.9 Å². The molecule has 0 amide bonds. The molecule has 0 saturated heterocycles. The monoisotopic (exact) mass is 1520 g/mol. The molecule has 25 rings (SSSR count). The molecule has 0 radical (unpaired) electrons. The predicted molar refractivity (Wildman–Crippen MR) is 482 cm³/mol. The van der Waals surface area contributed by atoms with Gasteiger partial charge in [-0.1, -0.05) is 351 Å². The highest BCUT2D eigenvalue weighted by Gasteiger charge is 2.53. The normalized spacial score (nSPS) is 13.3. The summed E-state index contributed by atoms with van der Waals surface area (Å²) in [6, 6.07) is 143. The van der Waals surface area contributed by atoms with Gasteiger partial charge in [-0.05, 0) is 122 Å². The topological polar surface area (TPSA) is 86.6 Å². The minimum atomic E-state index is -0.581. The van der Waals surface area contributed by atoms with E-state index in [0.717, 1.165) is 150 Å². The summed E-state index contributed by atoms with van der Waals surface area (Å²) in [7, 11) is 0. The van der Waals surface area contributed by atoms with Gasteiger partial charge in [0, 0.05) is 97.6 Å². The van der Waals surface area contributed by atoms with Gasteiger partial charge in [-0.3, -0.25) is 0 Å². The number of ether oxygens (including phenoxy) is 1. The molecule has 16 aromatic carbocycles. The highest BCUT2D eigenvalue weighted by Crippen LogP contribution is 2.65. The molecule has 0 N–H and O–H groups in total. The fourth-order valence-electron chi connectivity index (χ4n) is 19.5. The van der Waals surface area contributed by atoms with Gasteiger partial charge in [0.25, 0.3) is 0 Å². The first-order valence-corrected chi connectivity index (χ1v) is 40.9. The molecule has 548 valence electrons. The van der Waals surface area contributed by atoms with Crippen LogP contribution in [0.3, 0.4) is 0 Å². The van der Waals surface area contributed by atoms with Crippen LogP contribution in [0.1, 0.15) is 44.5 Å². The summed E-state index contributed by atoms with van der Waals surface area (Å²) in [6.07, 6.45) is 0. The lowest BCUT2D eigenvalue weighted by Gasteiger charge is -2.40. The van der Waals surface area contributed by atoms with Crippen molar-refractivity contribution in [2.45, 2.75) is 20.6 Å². The first-order valence-electron chi connectivity index (χ1n) is 40.1. The lowest BCUT2D eigenvalue weighted by molar-refractivity contribution is 0.437. The van der Waals surface area contributed by atoms with E-state index in [1.165, 1.54) is 76.2 Å². The second-order valence-electron chi connectivity index (χ2n) is 30.9. The number of aromatic nitrogens is 6. The van der Waals surface area contributed by atoms with E-state index >= 15 is 0 Å². The zero-order chi connectivity index (χ0) is 77.6. The van der Waals surface area contributed by atoms with Crippen LogP contribution >= 0.6 is 11.8 Å². The summed E-state index contributed by atoms with van der Waals surface area (Å²) in [5.41, 5.74) is 30.7. The van der Waals surface area contributed by atoms with Crippen LogP contribution in [-0.2, 0) is 10.8 Å². The van der Waals surface area contributed by atoms with Gasteiger partial charge < -0.3 is 4.74 Å². The molecule has 118 heavy (non-hydrogen) atoms. The Balaban J connectivity index is 0.000000135. The Morgan fingerprint density at radius 1 is 0.229 bits per heavy atom. The average molecular weight is 1520 g/mol. The van der Waals surface area contributed by atoms with Crippen LogP contribution in [0.15, 0.2) is 410 Å². The minimum absolute atomic E-state index is 0.445. The molecule has 21 aromatic rings. The average Bonchev–Trinajstić information content (AvgIpc) is 1.49. The van der Waals surface area contributed by atoms with Crippen molar-refractivity contribution in [2.75, 3.05) is 0 Å². The van der Waals surface area contributed by atoms with E-state index < -0.39 is 10.8 Å². The molecule has 4 aliphatic rings. The van der Waals surface area contributed by atoms with Crippen LogP contribution in [0.25, 0.3) is 166 Å². The number of fused-ring (bicyclic) bond motifs is 28. The molecular formula is C110H66N6OS. The van der Waals surface area contributed by atoms with E-state index in [9.17, 15) is 0 Å². The SMILES string of the molecule is c1ccc(-c2cc(-c3ccc(-c4nc5ccccc5c5c6c(ccc45)C4(c5ccccc5S6)c5ccccc5-c5ccccc54)cc3)nc(-c3ccccc3)n2)cc1.c1ccc(-c2ccc3ccc4ccc(-c5ccc6nc(-c7ccccc7)c7cc8c(cc7c6c5)Oc5ccccc5C85c6ccccc6-c6ccccc65)nc4c3n2)cc1. The minimum Gasteiger partial charge on any atom is -0.457 e. The molecule has 5 aromatic heterocycles. The Labute approximate surface area is 685 Å². The lowest BCUT2D eigenvalue weighted by atomic mass is 9.65. The highest BCUT2D eigenvalue weighted by molar-refractivity contribution is 7.99. The summed E-state index contributed by atoms with van der Waals surface area (Å²) < 4.78 is 7.00. The molecule has 2 aliphatic heterocycles. The summed E-state index contributed by atoms with van der Waals surface area (Å²) in [5.74, 6) is 2.42. The van der Waals surface area contributed by atoms with E-state index in [2.05, 4.69) is 358 Å². The van der Waals surface area contributed by atoms with E-state index in [-0.39, 0.29) is 0 Å². The van der Waals surface area contributed by atoms with E-state index in [4.69, 9.17) is 34.6 Å². The van der Waals surface area contributed by atoms with Crippen molar-refractivity contribution in [1.29, 1.82) is 0 Å². The molecule has 2 aliphatic carbocycles. The Kier molecular flexibility index (Phi) is 15.3. The Morgan fingerprint density at radius 2 is 0.669 bits per heavy atom. The van der Waals surface area contributed by atoms with Gasteiger partial charge in [0.15, 0.2) is 5.82 Å². The summed E-state index contributed by atoms with van der Waals surface area (Å²) in [5, 5.41) is 8.86. The van der Waals surface area contributed by atoms with Gasteiger partial charge >= 0.3 is 0 Å². The molecule has 8 heteroatoms. The molecular weight excluding hydrogens is 1450 g/mol. The van der Waals surface area contributed by atoms with Crippen molar-refractivity contribution in [2.24, 2.45) is 0 Å². The third-order valence-corrected chi connectivity index (χ3v) is 25.9. The van der Waals surface area contributed by atoms with Crippen LogP contribution in [0, 0.1) is 0 Å². The van der Waals surface area contributed by atoms with Gasteiger partial charge in [0.2, 0.25) is 0 Å². The fourth-order valence-corrected chi connectivity index (χ4v) is 20.8. The molecule has 0 bridgehead atoms. The molecule has 2 spiro atoms. The van der Waals surface area contributed by atoms with Gasteiger partial charge in [0.1, 0.15) is 11.5 Å². The molecule has 0 atom stereocenters. The van der Waals surface area contributed by atoms with Crippen molar-refractivity contribution in [3.05, 3.63) is 445 Å². The summed E-state index contributed by atoms with van der Waals surface area (Å²) >= 11 is 1.90. The Hall–Kier alpha value is -15.1. The van der Waals surface area contributed by atoms with Crippen LogP contribution in [0.4, 0.5) is 0 Å². The Morgan fingerprint density at radius 3 is 1.28 bits per heavy atom. The van der Waals surface area contributed by atoms with Crippen molar-refractivity contribution in [3.8, 4) is 113 Å². The highest BCUT2D eigenvalue weighted by atomic mass is 32.2. The summed E-state index contributed by atoms with van der Waals surface area (Å²) in [6.45, 7) is 0. The molecule has 0 unspecified atom stereocenters. The van der Waals surface area contributed by atoms with Gasteiger partial charge in [-0.2, -0.15) is 0 Å². The van der Waals surface area contributed by atoms with E-state index in [1.807, 2.05) is 54.2 Å². The number of benzene rings is 16. The maximum atomic E-state index is 7.00. The first kappa shape index (κ1) is 67.4. The van der Waals surface area contributed by atoms with Gasteiger partial charge in [0.05, 0.1) is 67.1 Å². The second kappa shape index (κ2) is 26.8. The molecule has 7 heterocycles. The number of hydrogen-bond donors (Lipinski definition) is 0. The zero-order valence-electron chi connectivity index (χ0n) is 63.6. The predicted octanol–water partition coefficient (Wildman–Crippen LogP) is 27.6. The quantitative estimate of drug-likeness (QED) is 0.146. The van der Waals surface area contributed by atoms with Crippen LogP contribution < -0.4 is 4.74 Å². The zero-order valence-corrected chi connectivity index (χ0v) is 64.4. The fraction of sp³-hybridized carbons (Fsp3) is 0.0182. The first-order chi connectivity index (χ1) is 58.5. The Bertz CT molecular complexity index is 7600. The van der Waals surface area contributed by atoms with E-state index in [0.29, 0.717) is 5.82 Å². The third kappa shape index (κ3) is 10.3. The summed E-state index contributed by atoms with van der Waals surface area (Å²) in [4.78, 5) is 34.1. The van der Waals surface area contributed by atoms with Crippen LogP contribution in [0.5, 0.6) is 11.5 Å². The molecule has 0 fully saturated rings. The van der Waals surface area contributed by atoms with Crippen molar-refractivity contribution in [1.82, 2.24) is 29.9 Å². The number of hydrogen-bond acceptors (Lipinski definition) is 8. The maximum absolute atomic E-state index is 7.00. The van der Waals surface area contributed by atoms with Crippen LogP contribution in [-0.4, -0.2) is 29.9 Å². The molecule has 0 saturated carbocycles. The largest absolute Gasteiger partial charge is 0.457 e. The maximum Gasteiger partial charge on any atom is 0.160 e. The van der Waals surface area contributed by atoms with Crippen LogP contribution in [0.2, 0.25) is 0 Å². The molecule has 7 nitrogen and oxygen atoms in total. The standard InChI is InChI=1S/C56H33N3O.C54H33N3S/c1-3-13-34(14-4-1)48-28-25-36-23-24-37-26-29-49(58-55(37)54(36)57-48)38-27-30-50-42(31-38)41-33-52-47(32-43(41)53(59-50)35-15-5-2-6-16-35)56(46-21-11-12-22-51(46)60-52)44-19-9-7-17-39(44)40-18-8-10-20-45(40)56;1-3-15-34(16-4-1)47-33-48(57-53(56-47)37-17-5-2-6-18-37)35-27-29-36(30-28-35)51-41-31-32-45-52(50(41)40-21-9-13-25-46(40)55-51)58-49-26-14-12-24-44(49)54(45)42-22-10-7-19-38(42)39-20-8-11-23-43(39)54/h1-33H;1-33H. The lowest BCUT2D eigenvalue weighted by Crippen LogP contribution is -2.32. The number of para-hydroxylation sites is 2.